The lowest BCUT2D eigenvalue weighted by molar-refractivity contribution is 0.602. The molecular formula is C8H9N5O3S2. The van der Waals surface area contributed by atoms with E-state index in [1.165, 1.54) is 12.1 Å². The summed E-state index contributed by atoms with van der Waals surface area (Å²) in [6.45, 7) is 1.54. The Morgan fingerprint density at radius 2 is 2.17 bits per heavy atom. The molecule has 0 aliphatic heterocycles. The Morgan fingerprint density at radius 3 is 2.67 bits per heavy atom. The molecule has 18 heavy (non-hydrogen) atoms. The van der Waals surface area contributed by atoms with Crippen molar-refractivity contribution in [1.29, 1.82) is 0 Å². The molecular weight excluding hydrogens is 278 g/mol. The minimum absolute atomic E-state index is 0.0148. The first-order valence-corrected chi connectivity index (χ1v) is 7.00. The first kappa shape index (κ1) is 12.5. The predicted octanol–water partition coefficient (Wildman–Crippen LogP) is -0.0822. The first-order chi connectivity index (χ1) is 8.38. The van der Waals surface area contributed by atoms with E-state index in [1.54, 1.807) is 6.92 Å². The van der Waals surface area contributed by atoms with Crippen LogP contribution in [0.15, 0.2) is 21.1 Å². The lowest BCUT2D eigenvalue weighted by atomic mass is 10.5. The van der Waals surface area contributed by atoms with Gasteiger partial charge in [0.25, 0.3) is 15.6 Å². The van der Waals surface area contributed by atoms with Crippen molar-refractivity contribution in [2.45, 2.75) is 11.1 Å². The molecule has 0 radical (unpaired) electrons. The molecule has 0 aliphatic rings. The van der Waals surface area contributed by atoms with Crippen LogP contribution in [0, 0.1) is 6.92 Å². The zero-order valence-electron chi connectivity index (χ0n) is 9.17. The van der Waals surface area contributed by atoms with E-state index in [1.807, 2.05) is 0 Å². The Balaban J connectivity index is 2.35. The molecule has 0 unspecified atom stereocenters. The highest BCUT2D eigenvalue weighted by molar-refractivity contribution is 7.94. The van der Waals surface area contributed by atoms with Crippen LogP contribution in [0.3, 0.4) is 0 Å². The van der Waals surface area contributed by atoms with E-state index in [-0.39, 0.29) is 15.2 Å². The van der Waals surface area contributed by atoms with Crippen molar-refractivity contribution in [3.05, 3.63) is 28.2 Å². The Morgan fingerprint density at radius 1 is 1.44 bits per heavy atom. The maximum Gasteiger partial charge on any atom is 0.274 e. The number of rotatable bonds is 3. The van der Waals surface area contributed by atoms with Gasteiger partial charge in [-0.3, -0.25) is 9.52 Å². The fraction of sp³-hybridized carbons (Fsp3) is 0.125. The molecule has 2 aromatic heterocycles. The standard InChI is InChI=1S/C8H9N5O3S2/c1-4-7(17-8(9)10-4)18(15,16)13-5-2-3-6(14)12-11-5/h2-3H,1H3,(H2,9,10)(H,11,13)(H,12,14). The molecule has 2 rings (SSSR count). The number of aryl methyl sites for hydroxylation is 1. The van der Waals surface area contributed by atoms with Gasteiger partial charge in [-0.05, 0) is 13.0 Å². The number of hydrogen-bond donors (Lipinski definition) is 3. The van der Waals surface area contributed by atoms with Crippen molar-refractivity contribution in [3.63, 3.8) is 0 Å². The van der Waals surface area contributed by atoms with Crippen molar-refractivity contribution >= 4 is 32.3 Å². The number of hydrogen-bond acceptors (Lipinski definition) is 7. The molecule has 0 bridgehead atoms. The first-order valence-electron chi connectivity index (χ1n) is 4.70. The van der Waals surface area contributed by atoms with Crippen molar-refractivity contribution in [1.82, 2.24) is 15.2 Å². The molecule has 0 spiro atoms. The van der Waals surface area contributed by atoms with Crippen LogP contribution in [0.5, 0.6) is 0 Å². The number of nitrogens with one attached hydrogen (secondary N) is 2. The van der Waals surface area contributed by atoms with Crippen LogP contribution in [0.2, 0.25) is 0 Å². The molecule has 8 nitrogen and oxygen atoms in total. The second-order valence-corrected chi connectivity index (χ2v) is 6.25. The zero-order valence-corrected chi connectivity index (χ0v) is 10.8. The topological polar surface area (TPSA) is 131 Å². The molecule has 96 valence electrons. The number of sulfonamides is 1. The van der Waals surface area contributed by atoms with E-state index >= 15 is 0 Å². The molecule has 0 aliphatic carbocycles. The minimum atomic E-state index is -3.79. The van der Waals surface area contributed by atoms with Crippen LogP contribution in [0.4, 0.5) is 10.9 Å². The molecule has 0 saturated heterocycles. The van der Waals surface area contributed by atoms with Gasteiger partial charge in [0, 0.05) is 6.07 Å². The van der Waals surface area contributed by atoms with Gasteiger partial charge >= 0.3 is 0 Å². The Hall–Kier alpha value is -1.94. The number of aromatic amines is 1. The number of H-pyrrole nitrogens is 1. The van der Waals surface area contributed by atoms with Crippen molar-refractivity contribution < 1.29 is 8.42 Å². The highest BCUT2D eigenvalue weighted by Crippen LogP contribution is 2.26. The van der Waals surface area contributed by atoms with Crippen molar-refractivity contribution in [2.24, 2.45) is 0 Å². The van der Waals surface area contributed by atoms with Crippen LogP contribution in [0.25, 0.3) is 0 Å². The monoisotopic (exact) mass is 287 g/mol. The maximum absolute atomic E-state index is 12.0. The fourth-order valence-corrected chi connectivity index (χ4v) is 3.54. The number of aromatic nitrogens is 3. The van der Waals surface area contributed by atoms with Gasteiger partial charge in [-0.15, -0.1) is 0 Å². The van der Waals surface area contributed by atoms with Crippen molar-refractivity contribution in [3.8, 4) is 0 Å². The summed E-state index contributed by atoms with van der Waals surface area (Å²) in [6.07, 6.45) is 0. The van der Waals surface area contributed by atoms with E-state index in [4.69, 9.17) is 5.73 Å². The number of anilines is 2. The van der Waals surface area contributed by atoms with Crippen LogP contribution in [-0.4, -0.2) is 23.6 Å². The molecule has 0 amide bonds. The van der Waals surface area contributed by atoms with E-state index in [0.717, 1.165) is 11.3 Å². The van der Waals surface area contributed by atoms with Gasteiger partial charge < -0.3 is 5.73 Å². The summed E-state index contributed by atoms with van der Waals surface area (Å²) in [5.41, 5.74) is 5.34. The molecule has 4 N–H and O–H groups in total. The zero-order chi connectivity index (χ0) is 13.3. The van der Waals surface area contributed by atoms with E-state index in [2.05, 4.69) is 19.9 Å². The average Bonchev–Trinajstić information content (AvgIpc) is 2.62. The Bertz CT molecular complexity index is 713. The molecule has 10 heteroatoms. The second-order valence-electron chi connectivity index (χ2n) is 3.34. The summed E-state index contributed by atoms with van der Waals surface area (Å²) >= 11 is 0.860. The van der Waals surface area contributed by atoms with Gasteiger partial charge in [0.15, 0.2) is 15.2 Å². The highest BCUT2D eigenvalue weighted by Gasteiger charge is 2.21. The summed E-state index contributed by atoms with van der Waals surface area (Å²) in [7, 11) is -3.79. The van der Waals surface area contributed by atoms with Gasteiger partial charge in [0.2, 0.25) is 0 Å². The van der Waals surface area contributed by atoms with Crippen molar-refractivity contribution in [2.75, 3.05) is 10.5 Å². The normalized spacial score (nSPS) is 11.4. The number of nitrogens with zero attached hydrogens (tertiary/aromatic N) is 2. The summed E-state index contributed by atoms with van der Waals surface area (Å²) in [6, 6.07) is 2.43. The smallest absolute Gasteiger partial charge is 0.274 e. The highest BCUT2D eigenvalue weighted by atomic mass is 32.2. The summed E-state index contributed by atoms with van der Waals surface area (Å²) in [4.78, 5) is 14.6. The van der Waals surface area contributed by atoms with Crippen LogP contribution >= 0.6 is 11.3 Å². The second kappa shape index (κ2) is 4.38. The fourth-order valence-electron chi connectivity index (χ4n) is 1.24. The largest absolute Gasteiger partial charge is 0.375 e. The summed E-state index contributed by atoms with van der Waals surface area (Å²) in [5, 5.41) is 5.84. The molecule has 0 fully saturated rings. The number of nitrogens with two attached hydrogens (primary N) is 1. The van der Waals surface area contributed by atoms with E-state index in [9.17, 15) is 13.2 Å². The minimum Gasteiger partial charge on any atom is -0.375 e. The number of thiazole rings is 1. The molecule has 0 saturated carbocycles. The SMILES string of the molecule is Cc1nc(N)sc1S(=O)(=O)Nc1ccc(=O)[nH]n1. The Kier molecular flexibility index (Phi) is 3.05. The van der Waals surface area contributed by atoms with Gasteiger partial charge in [-0.2, -0.15) is 5.10 Å². The summed E-state index contributed by atoms with van der Waals surface area (Å²) in [5.74, 6) is 0.0148. The third-order valence-electron chi connectivity index (χ3n) is 1.93. The molecule has 2 aromatic rings. The lowest BCUT2D eigenvalue weighted by Gasteiger charge is -2.04. The van der Waals surface area contributed by atoms with Crippen LogP contribution in [-0.2, 0) is 10.0 Å². The number of nitrogen functional groups attached to an aromatic ring is 1. The quantitative estimate of drug-likeness (QED) is 0.723. The summed E-state index contributed by atoms with van der Waals surface area (Å²) < 4.78 is 26.2. The van der Waals surface area contributed by atoms with Gasteiger partial charge in [0.1, 0.15) is 0 Å². The van der Waals surface area contributed by atoms with Crippen LogP contribution < -0.4 is 16.0 Å². The van der Waals surface area contributed by atoms with Gasteiger partial charge in [0.05, 0.1) is 5.69 Å². The third kappa shape index (κ3) is 2.49. The average molecular weight is 287 g/mol. The van der Waals surface area contributed by atoms with Gasteiger partial charge in [-0.25, -0.2) is 18.5 Å². The van der Waals surface area contributed by atoms with E-state index in [0.29, 0.717) is 5.69 Å². The molecule has 2 heterocycles. The third-order valence-corrected chi connectivity index (χ3v) is 4.88. The lowest BCUT2D eigenvalue weighted by Crippen LogP contribution is -2.16. The van der Waals surface area contributed by atoms with E-state index < -0.39 is 15.6 Å². The van der Waals surface area contributed by atoms with Crippen LogP contribution in [0.1, 0.15) is 5.69 Å². The maximum atomic E-state index is 12.0. The molecule has 0 aromatic carbocycles. The predicted molar refractivity (Wildman–Crippen MR) is 66.9 cm³/mol. The van der Waals surface area contributed by atoms with Gasteiger partial charge in [-0.1, -0.05) is 11.3 Å². The molecule has 0 atom stereocenters. The Labute approximate surface area is 106 Å².